The highest BCUT2D eigenvalue weighted by molar-refractivity contribution is 5.35. The number of nitrogens with one attached hydrogen (secondary N) is 1. The van der Waals surface area contributed by atoms with Gasteiger partial charge in [0.25, 0.3) is 0 Å². The number of aromatic nitrogens is 3. The molecule has 1 N–H and O–H groups in total. The highest BCUT2D eigenvalue weighted by Crippen LogP contribution is 2.04. The van der Waals surface area contributed by atoms with E-state index >= 15 is 0 Å². The molecule has 0 aliphatic rings. The zero-order valence-electron chi connectivity index (χ0n) is 9.40. The molecule has 0 radical (unpaired) electrons. The number of hydrogen-bond donors (Lipinski definition) is 1. The van der Waals surface area contributed by atoms with Crippen molar-refractivity contribution in [2.45, 2.75) is 20.3 Å². The predicted molar refractivity (Wildman–Crippen MR) is 60.2 cm³/mol. The molecule has 0 aromatic carbocycles. The van der Waals surface area contributed by atoms with Crippen LogP contribution in [0, 0.1) is 13.8 Å². The first-order chi connectivity index (χ1) is 7.74. The van der Waals surface area contributed by atoms with Crippen molar-refractivity contribution in [3.63, 3.8) is 0 Å². The van der Waals surface area contributed by atoms with Crippen LogP contribution in [-0.4, -0.2) is 21.7 Å². The Morgan fingerprint density at radius 2 is 2.19 bits per heavy atom. The largest absolute Gasteiger partial charge is 0.370 e. The molecule has 2 rings (SSSR count). The van der Waals surface area contributed by atoms with E-state index in [-0.39, 0.29) is 0 Å². The van der Waals surface area contributed by atoms with Gasteiger partial charge in [0, 0.05) is 26.1 Å². The Morgan fingerprint density at radius 1 is 1.31 bits per heavy atom. The van der Waals surface area contributed by atoms with Crippen molar-refractivity contribution >= 4 is 5.82 Å². The van der Waals surface area contributed by atoms with Crippen molar-refractivity contribution in [3.8, 4) is 0 Å². The normalized spacial score (nSPS) is 10.4. The Bertz CT molecular complexity index is 449. The average molecular weight is 218 g/mol. The summed E-state index contributed by atoms with van der Waals surface area (Å²) in [6, 6.07) is 3.98. The minimum Gasteiger partial charge on any atom is -0.370 e. The van der Waals surface area contributed by atoms with E-state index in [4.69, 9.17) is 4.52 Å². The lowest BCUT2D eigenvalue weighted by atomic mass is 10.3. The molecule has 2 aromatic heterocycles. The zero-order valence-corrected chi connectivity index (χ0v) is 9.40. The second kappa shape index (κ2) is 4.74. The summed E-state index contributed by atoms with van der Waals surface area (Å²) in [6.45, 7) is 4.54. The Morgan fingerprint density at radius 3 is 2.81 bits per heavy atom. The van der Waals surface area contributed by atoms with E-state index in [1.54, 1.807) is 6.92 Å². The molecule has 0 unspecified atom stereocenters. The predicted octanol–water partition coefficient (Wildman–Crippen LogP) is 1.74. The van der Waals surface area contributed by atoms with E-state index in [9.17, 15) is 0 Å². The van der Waals surface area contributed by atoms with Crippen LogP contribution in [0.3, 0.4) is 0 Å². The second-order valence-electron chi connectivity index (χ2n) is 3.63. The minimum atomic E-state index is 0.600. The molecule has 0 aliphatic heterocycles. The lowest BCUT2D eigenvalue weighted by Gasteiger charge is -2.03. The fourth-order valence-electron chi connectivity index (χ4n) is 1.32. The lowest BCUT2D eigenvalue weighted by molar-refractivity contribution is 0.387. The van der Waals surface area contributed by atoms with E-state index in [1.165, 1.54) is 0 Å². The zero-order chi connectivity index (χ0) is 11.4. The Kier molecular flexibility index (Phi) is 3.14. The van der Waals surface area contributed by atoms with Gasteiger partial charge in [-0.15, -0.1) is 0 Å². The SMILES string of the molecule is Cc1ccc(NCCc2noc(C)n2)nc1. The van der Waals surface area contributed by atoms with Crippen LogP contribution < -0.4 is 5.32 Å². The highest BCUT2D eigenvalue weighted by Gasteiger charge is 2.01. The van der Waals surface area contributed by atoms with E-state index in [0.29, 0.717) is 5.89 Å². The maximum atomic E-state index is 4.88. The van der Waals surface area contributed by atoms with Gasteiger partial charge in [0.1, 0.15) is 5.82 Å². The number of hydrogen-bond acceptors (Lipinski definition) is 5. The van der Waals surface area contributed by atoms with Gasteiger partial charge in [-0.1, -0.05) is 11.2 Å². The number of pyridine rings is 1. The quantitative estimate of drug-likeness (QED) is 0.846. The van der Waals surface area contributed by atoms with Crippen LogP contribution in [0.1, 0.15) is 17.3 Å². The molecule has 2 heterocycles. The molecule has 0 atom stereocenters. The smallest absolute Gasteiger partial charge is 0.223 e. The fraction of sp³-hybridized carbons (Fsp3) is 0.364. The molecular weight excluding hydrogens is 204 g/mol. The Hall–Kier alpha value is -1.91. The summed E-state index contributed by atoms with van der Waals surface area (Å²) in [5.41, 5.74) is 1.15. The van der Waals surface area contributed by atoms with Crippen molar-refractivity contribution < 1.29 is 4.52 Å². The molecule has 0 spiro atoms. The molecule has 5 nitrogen and oxygen atoms in total. The number of anilines is 1. The van der Waals surface area contributed by atoms with Gasteiger partial charge in [-0.25, -0.2) is 4.98 Å². The average Bonchev–Trinajstić information content (AvgIpc) is 2.67. The monoisotopic (exact) mass is 218 g/mol. The summed E-state index contributed by atoms with van der Waals surface area (Å²) in [7, 11) is 0. The standard InChI is InChI=1S/C11H14N4O/c1-8-3-4-10(13-7-8)12-6-5-11-14-9(2)16-15-11/h3-4,7H,5-6H2,1-2H3,(H,12,13). The highest BCUT2D eigenvalue weighted by atomic mass is 16.5. The first kappa shape index (κ1) is 10.6. The summed E-state index contributed by atoms with van der Waals surface area (Å²) >= 11 is 0. The van der Waals surface area contributed by atoms with Crippen LogP contribution in [-0.2, 0) is 6.42 Å². The third kappa shape index (κ3) is 2.79. The summed E-state index contributed by atoms with van der Waals surface area (Å²) in [5.74, 6) is 2.19. The maximum absolute atomic E-state index is 4.88. The van der Waals surface area contributed by atoms with Gasteiger partial charge in [0.05, 0.1) is 0 Å². The number of nitrogens with zero attached hydrogens (tertiary/aromatic N) is 3. The van der Waals surface area contributed by atoms with Crippen molar-refractivity contribution in [3.05, 3.63) is 35.6 Å². The summed E-state index contributed by atoms with van der Waals surface area (Å²) in [5, 5.41) is 7.01. The number of aryl methyl sites for hydroxylation is 2. The van der Waals surface area contributed by atoms with Gasteiger partial charge in [-0.05, 0) is 18.6 Å². The van der Waals surface area contributed by atoms with Gasteiger partial charge in [0.15, 0.2) is 5.82 Å². The first-order valence-electron chi connectivity index (χ1n) is 5.20. The Labute approximate surface area is 93.9 Å². The number of rotatable bonds is 4. The fourth-order valence-corrected chi connectivity index (χ4v) is 1.32. The molecule has 5 heteroatoms. The third-order valence-corrected chi connectivity index (χ3v) is 2.14. The minimum absolute atomic E-state index is 0.600. The summed E-state index contributed by atoms with van der Waals surface area (Å²) < 4.78 is 4.88. The van der Waals surface area contributed by atoms with Crippen molar-refractivity contribution in [1.29, 1.82) is 0 Å². The molecule has 0 saturated heterocycles. The van der Waals surface area contributed by atoms with E-state index in [1.807, 2.05) is 25.3 Å². The van der Waals surface area contributed by atoms with Crippen LogP contribution in [0.4, 0.5) is 5.82 Å². The van der Waals surface area contributed by atoms with Crippen LogP contribution in [0.15, 0.2) is 22.9 Å². The van der Waals surface area contributed by atoms with Gasteiger partial charge in [-0.3, -0.25) is 0 Å². The molecule has 0 bridgehead atoms. The van der Waals surface area contributed by atoms with Crippen molar-refractivity contribution in [2.75, 3.05) is 11.9 Å². The van der Waals surface area contributed by atoms with Crippen molar-refractivity contribution in [1.82, 2.24) is 15.1 Å². The molecular formula is C11H14N4O. The van der Waals surface area contributed by atoms with Crippen molar-refractivity contribution in [2.24, 2.45) is 0 Å². The van der Waals surface area contributed by atoms with Gasteiger partial charge >= 0.3 is 0 Å². The van der Waals surface area contributed by atoms with Crippen LogP contribution in [0.2, 0.25) is 0 Å². The third-order valence-electron chi connectivity index (χ3n) is 2.14. The molecule has 0 saturated carbocycles. The van der Waals surface area contributed by atoms with E-state index < -0.39 is 0 Å². The molecule has 84 valence electrons. The molecule has 2 aromatic rings. The Balaban J connectivity index is 1.82. The van der Waals surface area contributed by atoms with Crippen LogP contribution in [0.25, 0.3) is 0 Å². The molecule has 0 fully saturated rings. The van der Waals surface area contributed by atoms with Gasteiger partial charge in [0.2, 0.25) is 5.89 Å². The molecule has 16 heavy (non-hydrogen) atoms. The van der Waals surface area contributed by atoms with E-state index in [2.05, 4.69) is 20.4 Å². The summed E-state index contributed by atoms with van der Waals surface area (Å²) in [6.07, 6.45) is 2.56. The van der Waals surface area contributed by atoms with Crippen LogP contribution in [0.5, 0.6) is 0 Å². The maximum Gasteiger partial charge on any atom is 0.223 e. The first-order valence-corrected chi connectivity index (χ1v) is 5.20. The topological polar surface area (TPSA) is 63.8 Å². The van der Waals surface area contributed by atoms with E-state index in [0.717, 1.165) is 30.2 Å². The lowest BCUT2D eigenvalue weighted by Crippen LogP contribution is -2.07. The second-order valence-corrected chi connectivity index (χ2v) is 3.63. The van der Waals surface area contributed by atoms with Gasteiger partial charge < -0.3 is 9.84 Å². The van der Waals surface area contributed by atoms with Gasteiger partial charge in [-0.2, -0.15) is 4.98 Å². The molecule has 0 amide bonds. The molecule has 0 aliphatic carbocycles. The summed E-state index contributed by atoms with van der Waals surface area (Å²) in [4.78, 5) is 8.36. The van der Waals surface area contributed by atoms with Crippen LogP contribution >= 0.6 is 0 Å².